The number of nitrogens with zero attached hydrogens (tertiary/aromatic N) is 2. The SMILES string of the molecule is CN(C)C(=O)N1CCC(NC(CO)CC(C)(C)C)CC1. The van der Waals surface area contributed by atoms with E-state index in [1.54, 1.807) is 19.0 Å². The van der Waals surface area contributed by atoms with E-state index >= 15 is 0 Å². The van der Waals surface area contributed by atoms with Gasteiger partial charge in [-0.15, -0.1) is 0 Å². The number of urea groups is 1. The zero-order valence-electron chi connectivity index (χ0n) is 13.6. The summed E-state index contributed by atoms with van der Waals surface area (Å²) < 4.78 is 0. The Bertz CT molecular complexity index is 305. The van der Waals surface area contributed by atoms with Crippen molar-refractivity contribution in [2.24, 2.45) is 5.41 Å². The fraction of sp³-hybridized carbons (Fsp3) is 0.933. The van der Waals surface area contributed by atoms with Crippen LogP contribution in [0.25, 0.3) is 0 Å². The third-order valence-electron chi connectivity index (χ3n) is 3.70. The fourth-order valence-corrected chi connectivity index (χ4v) is 2.77. The second kappa shape index (κ2) is 7.27. The van der Waals surface area contributed by atoms with Crippen LogP contribution in [-0.2, 0) is 0 Å². The van der Waals surface area contributed by atoms with Crippen LogP contribution in [0.3, 0.4) is 0 Å². The maximum absolute atomic E-state index is 11.9. The van der Waals surface area contributed by atoms with Crippen molar-refractivity contribution in [3.05, 3.63) is 0 Å². The number of rotatable bonds is 4. The van der Waals surface area contributed by atoms with Crippen molar-refractivity contribution in [2.75, 3.05) is 33.8 Å². The number of hydrogen-bond donors (Lipinski definition) is 2. The van der Waals surface area contributed by atoms with E-state index in [2.05, 4.69) is 26.1 Å². The largest absolute Gasteiger partial charge is 0.395 e. The summed E-state index contributed by atoms with van der Waals surface area (Å²) in [7, 11) is 3.58. The van der Waals surface area contributed by atoms with Crippen molar-refractivity contribution < 1.29 is 9.90 Å². The minimum atomic E-state index is 0.0943. The van der Waals surface area contributed by atoms with Crippen LogP contribution in [-0.4, -0.2) is 66.8 Å². The predicted octanol–water partition coefficient (Wildman–Crippen LogP) is 1.52. The van der Waals surface area contributed by atoms with E-state index in [1.165, 1.54) is 0 Å². The first kappa shape index (κ1) is 17.2. The number of aliphatic hydroxyl groups is 1. The smallest absolute Gasteiger partial charge is 0.319 e. The topological polar surface area (TPSA) is 55.8 Å². The van der Waals surface area contributed by atoms with E-state index in [0.29, 0.717) is 6.04 Å². The van der Waals surface area contributed by atoms with Gasteiger partial charge in [0, 0.05) is 39.3 Å². The Hall–Kier alpha value is -0.810. The first-order valence-electron chi connectivity index (χ1n) is 7.56. The summed E-state index contributed by atoms with van der Waals surface area (Å²) in [5, 5.41) is 13.0. The average molecular weight is 285 g/mol. The first-order chi connectivity index (χ1) is 9.23. The van der Waals surface area contributed by atoms with Crippen LogP contribution in [0.5, 0.6) is 0 Å². The summed E-state index contributed by atoms with van der Waals surface area (Å²) in [6, 6.07) is 0.647. The van der Waals surface area contributed by atoms with E-state index in [1.807, 2.05) is 4.90 Å². The summed E-state index contributed by atoms with van der Waals surface area (Å²) in [5.41, 5.74) is 0.210. The highest BCUT2D eigenvalue weighted by Crippen LogP contribution is 2.22. The lowest BCUT2D eigenvalue weighted by atomic mass is 9.87. The molecule has 118 valence electrons. The third kappa shape index (κ3) is 5.67. The molecule has 1 fully saturated rings. The lowest BCUT2D eigenvalue weighted by molar-refractivity contribution is 0.139. The molecule has 0 spiro atoms. The molecule has 1 heterocycles. The highest BCUT2D eigenvalue weighted by atomic mass is 16.3. The maximum Gasteiger partial charge on any atom is 0.319 e. The zero-order valence-corrected chi connectivity index (χ0v) is 13.6. The molecule has 5 heteroatoms. The summed E-state index contributed by atoms with van der Waals surface area (Å²) in [6.45, 7) is 8.33. The summed E-state index contributed by atoms with van der Waals surface area (Å²) >= 11 is 0. The van der Waals surface area contributed by atoms with E-state index in [0.717, 1.165) is 32.4 Å². The summed E-state index contributed by atoms with van der Waals surface area (Å²) in [4.78, 5) is 15.4. The van der Waals surface area contributed by atoms with E-state index in [-0.39, 0.29) is 24.1 Å². The van der Waals surface area contributed by atoms with Gasteiger partial charge >= 0.3 is 6.03 Å². The molecule has 1 atom stereocenters. The lowest BCUT2D eigenvalue weighted by Crippen LogP contribution is -2.51. The summed E-state index contributed by atoms with van der Waals surface area (Å²) in [6.07, 6.45) is 2.88. The van der Waals surface area contributed by atoms with Crippen LogP contribution in [0.1, 0.15) is 40.0 Å². The molecule has 20 heavy (non-hydrogen) atoms. The monoisotopic (exact) mass is 285 g/mol. The molecule has 0 aromatic carbocycles. The molecule has 0 aromatic rings. The molecular formula is C15H31N3O2. The lowest BCUT2D eigenvalue weighted by Gasteiger charge is -2.36. The van der Waals surface area contributed by atoms with Gasteiger partial charge in [0.25, 0.3) is 0 Å². The average Bonchev–Trinajstić information content (AvgIpc) is 2.36. The van der Waals surface area contributed by atoms with E-state index < -0.39 is 0 Å². The standard InChI is InChI=1S/C15H31N3O2/c1-15(2,3)10-13(11-19)16-12-6-8-18(9-7-12)14(20)17(4)5/h12-13,16,19H,6-11H2,1-5H3. The Kier molecular flexibility index (Phi) is 6.27. The van der Waals surface area contributed by atoms with Gasteiger partial charge in [0.05, 0.1) is 6.61 Å². The highest BCUT2D eigenvalue weighted by Gasteiger charge is 2.26. The van der Waals surface area contributed by atoms with Crippen molar-refractivity contribution >= 4 is 6.03 Å². The van der Waals surface area contributed by atoms with Gasteiger partial charge in [-0.25, -0.2) is 4.79 Å². The van der Waals surface area contributed by atoms with Gasteiger partial charge < -0.3 is 20.2 Å². The number of carbonyl (C=O) groups is 1. The van der Waals surface area contributed by atoms with Crippen LogP contribution >= 0.6 is 0 Å². The number of amides is 2. The molecule has 0 saturated carbocycles. The molecule has 0 radical (unpaired) electrons. The number of likely N-dealkylation sites (tertiary alicyclic amines) is 1. The van der Waals surface area contributed by atoms with Crippen LogP contribution in [0.4, 0.5) is 4.79 Å². The number of nitrogens with one attached hydrogen (secondary N) is 1. The van der Waals surface area contributed by atoms with Crippen molar-refractivity contribution in [1.82, 2.24) is 15.1 Å². The van der Waals surface area contributed by atoms with Crippen molar-refractivity contribution in [2.45, 2.75) is 52.1 Å². The van der Waals surface area contributed by atoms with E-state index in [9.17, 15) is 9.90 Å². The van der Waals surface area contributed by atoms with Crippen molar-refractivity contribution in [3.8, 4) is 0 Å². The molecule has 0 aliphatic carbocycles. The van der Waals surface area contributed by atoms with Gasteiger partial charge in [-0.3, -0.25) is 0 Å². The van der Waals surface area contributed by atoms with Gasteiger partial charge in [0.2, 0.25) is 0 Å². The Morgan fingerprint density at radius 3 is 2.30 bits per heavy atom. The van der Waals surface area contributed by atoms with Crippen LogP contribution < -0.4 is 5.32 Å². The minimum absolute atomic E-state index is 0.0943. The second-order valence-corrected chi connectivity index (χ2v) is 7.25. The molecular weight excluding hydrogens is 254 g/mol. The van der Waals surface area contributed by atoms with Crippen LogP contribution in [0, 0.1) is 5.41 Å². The van der Waals surface area contributed by atoms with Crippen molar-refractivity contribution in [1.29, 1.82) is 0 Å². The van der Waals surface area contributed by atoms with Crippen LogP contribution in [0.15, 0.2) is 0 Å². The third-order valence-corrected chi connectivity index (χ3v) is 3.70. The highest BCUT2D eigenvalue weighted by molar-refractivity contribution is 5.73. The molecule has 1 aliphatic heterocycles. The maximum atomic E-state index is 11.9. The molecule has 2 N–H and O–H groups in total. The Labute approximate surface area is 123 Å². The molecule has 0 bridgehead atoms. The Balaban J connectivity index is 2.39. The normalized spacial score (nSPS) is 19.0. The molecule has 1 rings (SSSR count). The van der Waals surface area contributed by atoms with Crippen molar-refractivity contribution in [3.63, 3.8) is 0 Å². The first-order valence-corrected chi connectivity index (χ1v) is 7.56. The number of piperidine rings is 1. The number of aliphatic hydroxyl groups excluding tert-OH is 1. The van der Waals surface area contributed by atoms with Crippen LogP contribution in [0.2, 0.25) is 0 Å². The van der Waals surface area contributed by atoms with Gasteiger partial charge in [-0.2, -0.15) is 0 Å². The molecule has 1 aliphatic rings. The minimum Gasteiger partial charge on any atom is -0.395 e. The number of carbonyl (C=O) groups excluding carboxylic acids is 1. The fourth-order valence-electron chi connectivity index (χ4n) is 2.77. The zero-order chi connectivity index (χ0) is 15.3. The second-order valence-electron chi connectivity index (χ2n) is 7.25. The summed E-state index contributed by atoms with van der Waals surface area (Å²) in [5.74, 6) is 0. The quantitative estimate of drug-likeness (QED) is 0.823. The molecule has 2 amide bonds. The molecule has 1 saturated heterocycles. The van der Waals surface area contributed by atoms with Gasteiger partial charge in [0.15, 0.2) is 0 Å². The molecule has 1 unspecified atom stereocenters. The van der Waals surface area contributed by atoms with Gasteiger partial charge in [0.1, 0.15) is 0 Å². The number of hydrogen-bond acceptors (Lipinski definition) is 3. The van der Waals surface area contributed by atoms with E-state index in [4.69, 9.17) is 0 Å². The Morgan fingerprint density at radius 1 is 1.35 bits per heavy atom. The predicted molar refractivity (Wildman–Crippen MR) is 81.8 cm³/mol. The molecule has 0 aromatic heterocycles. The molecule has 5 nitrogen and oxygen atoms in total. The Morgan fingerprint density at radius 2 is 1.90 bits per heavy atom. The van der Waals surface area contributed by atoms with Gasteiger partial charge in [-0.05, 0) is 24.7 Å². The van der Waals surface area contributed by atoms with Gasteiger partial charge in [-0.1, -0.05) is 20.8 Å².